The van der Waals surface area contributed by atoms with Crippen LogP contribution >= 0.6 is 0 Å². The van der Waals surface area contributed by atoms with Gasteiger partial charge in [0.2, 0.25) is 0 Å². The molecule has 1 heterocycles. The van der Waals surface area contributed by atoms with E-state index >= 15 is 0 Å². The fraction of sp³-hybridized carbons (Fsp3) is 0.300. The topological polar surface area (TPSA) is 38.7 Å². The molecular weight excluding hydrogens is 286 g/mol. The molecule has 116 valence electrons. The molecule has 1 saturated carbocycles. The number of fused-ring (bicyclic) bond motifs is 1. The second-order valence-corrected chi connectivity index (χ2v) is 6.14. The molecule has 0 saturated heterocycles. The Kier molecular flexibility index (Phi) is 3.29. The average molecular weight is 305 g/mol. The number of hydrogen-bond donors (Lipinski definition) is 0. The highest BCUT2D eigenvalue weighted by Crippen LogP contribution is 2.69. The van der Waals surface area contributed by atoms with Gasteiger partial charge in [0, 0.05) is 18.4 Å². The minimum absolute atomic E-state index is 0.126. The Morgan fingerprint density at radius 1 is 1.13 bits per heavy atom. The van der Waals surface area contributed by atoms with E-state index in [1.165, 1.54) is 5.56 Å². The molecule has 1 aliphatic carbocycles. The number of nitrogens with zero attached hydrogens (tertiary/aromatic N) is 1. The molecule has 2 aromatic rings. The van der Waals surface area contributed by atoms with Crippen LogP contribution < -0.4 is 0 Å². The number of esters is 1. The summed E-state index contributed by atoms with van der Waals surface area (Å²) in [7, 11) is 0. The number of hydrogen-bond acceptors (Lipinski definition) is 3. The van der Waals surface area contributed by atoms with Gasteiger partial charge in [0.25, 0.3) is 0 Å². The van der Waals surface area contributed by atoms with Crippen LogP contribution in [-0.2, 0) is 9.53 Å². The zero-order chi connectivity index (χ0) is 15.9. The van der Waals surface area contributed by atoms with Crippen LogP contribution in [-0.4, -0.2) is 24.8 Å². The molecule has 2 aromatic carbocycles. The third-order valence-corrected chi connectivity index (χ3v) is 5.03. The molecule has 0 spiro atoms. The van der Waals surface area contributed by atoms with Gasteiger partial charge in [-0.1, -0.05) is 60.7 Å². The quantitative estimate of drug-likeness (QED) is 0.812. The smallest absolute Gasteiger partial charge is 0.319 e. The minimum atomic E-state index is -0.598. The van der Waals surface area contributed by atoms with Gasteiger partial charge in [0.15, 0.2) is 0 Å². The number of aliphatic imine (C=N–C) groups is 1. The Morgan fingerprint density at radius 3 is 2.43 bits per heavy atom. The van der Waals surface area contributed by atoms with Crippen molar-refractivity contribution in [3.8, 4) is 0 Å². The molecule has 0 bridgehead atoms. The molecule has 1 aliphatic heterocycles. The lowest BCUT2D eigenvalue weighted by Gasteiger charge is -2.18. The zero-order valence-corrected chi connectivity index (χ0v) is 13.1. The fourth-order valence-electron chi connectivity index (χ4n) is 4.06. The van der Waals surface area contributed by atoms with E-state index in [4.69, 9.17) is 9.73 Å². The zero-order valence-electron chi connectivity index (χ0n) is 13.1. The lowest BCUT2D eigenvalue weighted by Crippen LogP contribution is -2.30. The Labute approximate surface area is 136 Å². The van der Waals surface area contributed by atoms with Crippen LogP contribution in [0, 0.1) is 11.3 Å². The molecule has 3 atom stereocenters. The molecule has 0 aromatic heterocycles. The highest BCUT2D eigenvalue weighted by atomic mass is 16.5. The van der Waals surface area contributed by atoms with Gasteiger partial charge in [0.05, 0.1) is 12.3 Å². The third kappa shape index (κ3) is 1.96. The van der Waals surface area contributed by atoms with Crippen molar-refractivity contribution in [3.63, 3.8) is 0 Å². The van der Waals surface area contributed by atoms with Crippen LogP contribution in [0.1, 0.15) is 24.0 Å². The summed E-state index contributed by atoms with van der Waals surface area (Å²) in [6, 6.07) is 20.3. The van der Waals surface area contributed by atoms with Gasteiger partial charge in [-0.2, -0.15) is 0 Å². The van der Waals surface area contributed by atoms with Crippen molar-refractivity contribution in [1.29, 1.82) is 0 Å². The van der Waals surface area contributed by atoms with Crippen LogP contribution in [0.15, 0.2) is 65.7 Å². The minimum Gasteiger partial charge on any atom is -0.465 e. The van der Waals surface area contributed by atoms with Crippen molar-refractivity contribution >= 4 is 11.7 Å². The first-order valence-electron chi connectivity index (χ1n) is 8.12. The van der Waals surface area contributed by atoms with E-state index in [0.29, 0.717) is 13.2 Å². The van der Waals surface area contributed by atoms with E-state index in [1.807, 2.05) is 55.5 Å². The molecular formula is C20H19NO2. The highest BCUT2D eigenvalue weighted by molar-refractivity contribution is 6.21. The normalized spacial score (nSPS) is 28.0. The molecule has 0 unspecified atom stereocenters. The molecule has 1 fully saturated rings. The molecule has 3 nitrogen and oxygen atoms in total. The van der Waals surface area contributed by atoms with Gasteiger partial charge >= 0.3 is 5.97 Å². The van der Waals surface area contributed by atoms with Crippen LogP contribution in [0.2, 0.25) is 0 Å². The van der Waals surface area contributed by atoms with Crippen molar-refractivity contribution in [2.75, 3.05) is 13.2 Å². The van der Waals surface area contributed by atoms with Gasteiger partial charge in [-0.3, -0.25) is 9.79 Å². The summed E-state index contributed by atoms with van der Waals surface area (Å²) in [5.74, 6) is 0.272. The lowest BCUT2D eigenvalue weighted by molar-refractivity contribution is -0.147. The van der Waals surface area contributed by atoms with Crippen LogP contribution in [0.3, 0.4) is 0 Å². The van der Waals surface area contributed by atoms with E-state index in [-0.39, 0.29) is 17.8 Å². The molecule has 0 N–H and O–H groups in total. The SMILES string of the molecule is CCOC(=O)[C@]12C(c3ccccc3)=NC[C@H]1[C@H]2c1ccccc1. The van der Waals surface area contributed by atoms with Gasteiger partial charge in [-0.15, -0.1) is 0 Å². The van der Waals surface area contributed by atoms with Crippen molar-refractivity contribution in [2.24, 2.45) is 16.3 Å². The largest absolute Gasteiger partial charge is 0.465 e. The maximum Gasteiger partial charge on any atom is 0.319 e. The molecule has 3 heteroatoms. The van der Waals surface area contributed by atoms with Gasteiger partial charge in [-0.05, 0) is 18.1 Å². The summed E-state index contributed by atoms with van der Waals surface area (Å²) < 4.78 is 5.45. The van der Waals surface area contributed by atoms with Crippen molar-refractivity contribution in [3.05, 3.63) is 71.8 Å². The van der Waals surface area contributed by atoms with Gasteiger partial charge in [0.1, 0.15) is 5.41 Å². The molecule has 4 rings (SSSR count). The van der Waals surface area contributed by atoms with E-state index in [1.54, 1.807) is 0 Å². The Balaban J connectivity index is 1.79. The highest BCUT2D eigenvalue weighted by Gasteiger charge is 2.75. The molecule has 23 heavy (non-hydrogen) atoms. The van der Waals surface area contributed by atoms with Crippen LogP contribution in [0.4, 0.5) is 0 Å². The predicted molar refractivity (Wildman–Crippen MR) is 89.6 cm³/mol. The third-order valence-electron chi connectivity index (χ3n) is 5.03. The Morgan fingerprint density at radius 2 is 1.78 bits per heavy atom. The number of carbonyl (C=O) groups excluding carboxylic acids is 1. The van der Waals surface area contributed by atoms with E-state index in [2.05, 4.69) is 12.1 Å². The lowest BCUT2D eigenvalue weighted by atomic mass is 9.89. The Bertz CT molecular complexity index is 754. The van der Waals surface area contributed by atoms with E-state index in [9.17, 15) is 4.79 Å². The molecule has 0 amide bonds. The number of benzene rings is 2. The number of ether oxygens (including phenoxy) is 1. The summed E-state index contributed by atoms with van der Waals surface area (Å²) in [5.41, 5.74) is 2.53. The standard InChI is InChI=1S/C20H19NO2/c1-2-23-19(22)20-16(17(20)14-9-5-3-6-10-14)13-21-18(20)15-11-7-4-8-12-15/h3-12,16-17H,2,13H2,1H3/t16-,17+,20+/m0/s1. The van der Waals surface area contributed by atoms with Crippen molar-refractivity contribution < 1.29 is 9.53 Å². The maximum absolute atomic E-state index is 12.9. The first-order chi connectivity index (χ1) is 11.3. The van der Waals surface area contributed by atoms with E-state index in [0.717, 1.165) is 11.3 Å². The summed E-state index contributed by atoms with van der Waals surface area (Å²) in [6.07, 6.45) is 0. The second kappa shape index (κ2) is 5.34. The van der Waals surface area contributed by atoms with Gasteiger partial charge < -0.3 is 4.74 Å². The fourth-order valence-corrected chi connectivity index (χ4v) is 4.06. The van der Waals surface area contributed by atoms with Crippen LogP contribution in [0.5, 0.6) is 0 Å². The maximum atomic E-state index is 12.9. The monoisotopic (exact) mass is 305 g/mol. The van der Waals surface area contributed by atoms with Crippen molar-refractivity contribution in [1.82, 2.24) is 0 Å². The van der Waals surface area contributed by atoms with Gasteiger partial charge in [-0.25, -0.2) is 0 Å². The first kappa shape index (κ1) is 14.2. The molecule has 2 aliphatic rings. The molecule has 0 radical (unpaired) electrons. The number of carbonyl (C=O) groups is 1. The summed E-state index contributed by atoms with van der Waals surface area (Å²) in [5, 5.41) is 0. The summed E-state index contributed by atoms with van der Waals surface area (Å²) in [6.45, 7) is 2.96. The number of rotatable bonds is 4. The predicted octanol–water partition coefficient (Wildman–Crippen LogP) is 3.45. The summed E-state index contributed by atoms with van der Waals surface area (Å²) in [4.78, 5) is 17.6. The first-order valence-corrected chi connectivity index (χ1v) is 8.12. The Hall–Kier alpha value is -2.42. The van der Waals surface area contributed by atoms with Crippen molar-refractivity contribution in [2.45, 2.75) is 12.8 Å². The van der Waals surface area contributed by atoms with E-state index < -0.39 is 5.41 Å². The second-order valence-electron chi connectivity index (χ2n) is 6.14. The summed E-state index contributed by atoms with van der Waals surface area (Å²) >= 11 is 0. The van der Waals surface area contributed by atoms with Crippen LogP contribution in [0.25, 0.3) is 0 Å². The average Bonchev–Trinajstić information content (AvgIpc) is 3.12.